The predicted octanol–water partition coefficient (Wildman–Crippen LogP) is 1.99. The number of hydrogen-bond donors (Lipinski definition) is 3. The Kier molecular flexibility index (Phi) is 5.05. The van der Waals surface area contributed by atoms with Crippen LogP contribution in [0.25, 0.3) is 22.0 Å². The van der Waals surface area contributed by atoms with Crippen LogP contribution in [0.4, 0.5) is 16.2 Å². The van der Waals surface area contributed by atoms with E-state index in [-0.39, 0.29) is 29.3 Å². The van der Waals surface area contributed by atoms with E-state index in [0.29, 0.717) is 47.1 Å². The van der Waals surface area contributed by atoms with E-state index < -0.39 is 11.4 Å². The van der Waals surface area contributed by atoms with Gasteiger partial charge in [0.2, 0.25) is 5.91 Å². The van der Waals surface area contributed by atoms with Gasteiger partial charge in [0.25, 0.3) is 11.6 Å². The number of nitrogen functional groups attached to an aromatic ring is 1. The van der Waals surface area contributed by atoms with Crippen molar-refractivity contribution in [2.75, 3.05) is 31.2 Å². The van der Waals surface area contributed by atoms with Crippen molar-refractivity contribution in [2.24, 2.45) is 0 Å². The lowest BCUT2D eigenvalue weighted by Gasteiger charge is -2.16. The summed E-state index contributed by atoms with van der Waals surface area (Å²) in [6, 6.07) is 2.82. The molecule has 11 heteroatoms. The quantitative estimate of drug-likeness (QED) is 0.314. The molecule has 4 N–H and O–H groups in total. The Balaban J connectivity index is 1.60. The lowest BCUT2D eigenvalue weighted by molar-refractivity contribution is -0.125. The number of rotatable bonds is 3. The van der Waals surface area contributed by atoms with E-state index in [1.807, 2.05) is 0 Å². The first-order valence-electron chi connectivity index (χ1n) is 10.5. The van der Waals surface area contributed by atoms with E-state index in [1.165, 1.54) is 18.2 Å². The first-order valence-corrected chi connectivity index (χ1v) is 10.5. The molecule has 0 spiro atoms. The summed E-state index contributed by atoms with van der Waals surface area (Å²) in [5.41, 5.74) is 7.25. The summed E-state index contributed by atoms with van der Waals surface area (Å²) in [5, 5.41) is 9.41. The van der Waals surface area contributed by atoms with Gasteiger partial charge in [0.15, 0.2) is 11.4 Å². The Hall–Kier alpha value is -4.59. The number of anilines is 2. The van der Waals surface area contributed by atoms with Gasteiger partial charge < -0.3 is 24.9 Å². The molecule has 0 saturated carbocycles. The fraction of sp³-hybridized carbons (Fsp3) is 0.217. The van der Waals surface area contributed by atoms with Crippen molar-refractivity contribution in [1.29, 1.82) is 0 Å². The minimum Gasteiger partial charge on any atom is -0.423 e. The number of likely N-dealkylation sites (tertiary alicyclic amines) is 1. The Labute approximate surface area is 192 Å². The Bertz CT molecular complexity index is 1590. The average Bonchev–Trinajstić information content (AvgIpc) is 3.56. The van der Waals surface area contributed by atoms with E-state index >= 15 is 0 Å². The average molecular weight is 461 g/mol. The zero-order valence-electron chi connectivity index (χ0n) is 18.2. The Morgan fingerprint density at radius 1 is 1.41 bits per heavy atom. The number of oxazole rings is 1. The van der Waals surface area contributed by atoms with Crippen LogP contribution in [0.15, 0.2) is 40.2 Å². The highest BCUT2D eigenvalue weighted by atomic mass is 19.1. The number of carbonyl (C=O) groups is 1. The van der Waals surface area contributed by atoms with Crippen molar-refractivity contribution >= 4 is 39.7 Å². The summed E-state index contributed by atoms with van der Waals surface area (Å²) in [4.78, 5) is 30.6. The minimum absolute atomic E-state index is 0.0979. The fourth-order valence-corrected chi connectivity index (χ4v) is 4.20. The number of aromatic nitrogens is 4. The molecule has 1 atom stereocenters. The second-order valence-electron chi connectivity index (χ2n) is 7.86. The van der Waals surface area contributed by atoms with Crippen LogP contribution in [-0.4, -0.2) is 50.7 Å². The van der Waals surface area contributed by atoms with Crippen molar-refractivity contribution in [2.45, 2.75) is 12.5 Å². The highest BCUT2D eigenvalue weighted by Gasteiger charge is 2.29. The lowest BCUT2D eigenvalue weighted by Crippen LogP contribution is -2.27. The van der Waals surface area contributed by atoms with Gasteiger partial charge in [0, 0.05) is 32.4 Å². The van der Waals surface area contributed by atoms with Gasteiger partial charge in [-0.05, 0) is 18.6 Å². The zero-order chi connectivity index (χ0) is 24.0. The van der Waals surface area contributed by atoms with Crippen molar-refractivity contribution in [1.82, 2.24) is 24.6 Å². The number of nitrogens with one attached hydrogen (secondary N) is 2. The van der Waals surface area contributed by atoms with Gasteiger partial charge in [-0.2, -0.15) is 10.1 Å². The summed E-state index contributed by atoms with van der Waals surface area (Å²) in [6.45, 7) is 4.47. The maximum absolute atomic E-state index is 14.6. The Morgan fingerprint density at radius 3 is 2.97 bits per heavy atom. The molecule has 0 unspecified atom stereocenters. The standard InChI is InChI=1S/C23H20FN7O3/c1-3-18(32)30-7-6-14(11-30)31-10-13(19-20(31)22(33)29-28-21(19)25)5-4-12-8-16-17(9-15(12)24)34-23(26-2)27-16/h3,8-10,14H,1,6-7,11H2,2H3,(H2,25,28)(H,26,27)(H,29,33)/t14-/m0/s1. The van der Waals surface area contributed by atoms with Crippen LogP contribution in [0.3, 0.4) is 0 Å². The number of fused-ring (bicyclic) bond motifs is 2. The van der Waals surface area contributed by atoms with E-state index in [1.54, 1.807) is 22.7 Å². The van der Waals surface area contributed by atoms with Gasteiger partial charge in [0.05, 0.1) is 22.6 Å². The SMILES string of the molecule is C=CC(=O)N1CC[C@H](n2cc(C#Cc3cc4nc(NC)oc4cc3F)c3c(N)n[nH]c(=O)c32)C1. The third kappa shape index (κ3) is 3.45. The molecule has 172 valence electrons. The van der Waals surface area contributed by atoms with Gasteiger partial charge in [0.1, 0.15) is 16.9 Å². The number of H-pyrrole nitrogens is 1. The van der Waals surface area contributed by atoms with Crippen LogP contribution in [0.1, 0.15) is 23.6 Å². The largest absolute Gasteiger partial charge is 0.423 e. The van der Waals surface area contributed by atoms with Crippen molar-refractivity contribution in [3.63, 3.8) is 0 Å². The number of amides is 1. The molecule has 0 bridgehead atoms. The number of benzene rings is 1. The fourth-order valence-electron chi connectivity index (χ4n) is 4.20. The summed E-state index contributed by atoms with van der Waals surface area (Å²) >= 11 is 0. The molecule has 10 nitrogen and oxygen atoms in total. The van der Waals surface area contributed by atoms with Crippen LogP contribution in [0.2, 0.25) is 0 Å². The van der Waals surface area contributed by atoms with Crippen LogP contribution in [0.5, 0.6) is 0 Å². The summed E-state index contributed by atoms with van der Waals surface area (Å²) in [5.74, 6) is 5.10. The van der Waals surface area contributed by atoms with Crippen LogP contribution < -0.4 is 16.6 Å². The minimum atomic E-state index is -0.569. The molecule has 3 aromatic heterocycles. The van der Waals surface area contributed by atoms with Gasteiger partial charge in [-0.3, -0.25) is 9.59 Å². The number of hydrogen-bond acceptors (Lipinski definition) is 7. The predicted molar refractivity (Wildman–Crippen MR) is 125 cm³/mol. The molecule has 0 aliphatic carbocycles. The van der Waals surface area contributed by atoms with E-state index in [0.717, 1.165) is 0 Å². The lowest BCUT2D eigenvalue weighted by atomic mass is 10.1. The molecule has 1 fully saturated rings. The molecule has 0 radical (unpaired) electrons. The summed E-state index contributed by atoms with van der Waals surface area (Å²) < 4.78 is 21.8. The highest BCUT2D eigenvalue weighted by Crippen LogP contribution is 2.30. The second kappa shape index (κ2) is 8.08. The van der Waals surface area contributed by atoms with Crippen LogP contribution in [-0.2, 0) is 4.79 Å². The number of carbonyl (C=O) groups excluding carboxylic acids is 1. The molecular weight excluding hydrogens is 441 g/mol. The third-order valence-electron chi connectivity index (χ3n) is 5.85. The first kappa shape index (κ1) is 21.3. The number of nitrogens with zero attached hydrogens (tertiary/aromatic N) is 4. The smallest absolute Gasteiger partial charge is 0.295 e. The zero-order valence-corrected chi connectivity index (χ0v) is 18.2. The molecule has 1 amide bonds. The summed E-state index contributed by atoms with van der Waals surface area (Å²) in [7, 11) is 1.65. The van der Waals surface area contributed by atoms with Gasteiger partial charge in [-0.15, -0.1) is 0 Å². The highest BCUT2D eigenvalue weighted by molar-refractivity contribution is 5.94. The molecule has 1 aliphatic heterocycles. The van der Waals surface area contributed by atoms with E-state index in [9.17, 15) is 14.0 Å². The van der Waals surface area contributed by atoms with E-state index in [4.69, 9.17) is 10.2 Å². The normalized spacial score (nSPS) is 15.5. The van der Waals surface area contributed by atoms with Gasteiger partial charge in [-0.1, -0.05) is 18.4 Å². The van der Waals surface area contributed by atoms with Gasteiger partial charge >= 0.3 is 0 Å². The van der Waals surface area contributed by atoms with Crippen LogP contribution in [0, 0.1) is 17.7 Å². The number of aromatic amines is 1. The van der Waals surface area contributed by atoms with Crippen molar-refractivity contribution < 1.29 is 13.6 Å². The van der Waals surface area contributed by atoms with Gasteiger partial charge in [-0.25, -0.2) is 9.49 Å². The van der Waals surface area contributed by atoms with Crippen molar-refractivity contribution in [3.05, 3.63) is 58.3 Å². The topological polar surface area (TPSA) is 135 Å². The van der Waals surface area contributed by atoms with Crippen LogP contribution >= 0.6 is 0 Å². The third-order valence-corrected chi connectivity index (χ3v) is 5.85. The maximum atomic E-state index is 14.6. The molecule has 4 aromatic rings. The summed E-state index contributed by atoms with van der Waals surface area (Å²) in [6.07, 6.45) is 3.60. The maximum Gasteiger partial charge on any atom is 0.295 e. The molecule has 1 aromatic carbocycles. The van der Waals surface area contributed by atoms with Crippen molar-refractivity contribution in [3.8, 4) is 11.8 Å². The molecule has 1 aliphatic rings. The first-order chi connectivity index (χ1) is 16.4. The monoisotopic (exact) mass is 461 g/mol. The second-order valence-corrected chi connectivity index (χ2v) is 7.86. The number of nitrogens with two attached hydrogens (primary N) is 1. The molecule has 4 heterocycles. The number of halogens is 1. The molecule has 5 rings (SSSR count). The Morgan fingerprint density at radius 2 is 2.21 bits per heavy atom. The molecule has 34 heavy (non-hydrogen) atoms. The van der Waals surface area contributed by atoms with E-state index in [2.05, 4.69) is 38.9 Å². The molecule has 1 saturated heterocycles. The molecular formula is C23H20FN7O3.